The fourth-order valence-corrected chi connectivity index (χ4v) is 4.85. The van der Waals surface area contributed by atoms with E-state index < -0.39 is 29.5 Å². The van der Waals surface area contributed by atoms with Crippen LogP contribution in [0.5, 0.6) is 0 Å². The summed E-state index contributed by atoms with van der Waals surface area (Å²) in [5, 5.41) is 71.5. The zero-order valence-electron chi connectivity index (χ0n) is 34.5. The second-order valence-electron chi connectivity index (χ2n) is 12.9. The van der Waals surface area contributed by atoms with Crippen LogP contribution < -0.4 is 0 Å². The summed E-state index contributed by atoms with van der Waals surface area (Å²) < 4.78 is 0. The summed E-state index contributed by atoms with van der Waals surface area (Å²) in [7, 11) is 0. The lowest BCUT2D eigenvalue weighted by Gasteiger charge is -2.27. The molecule has 0 spiro atoms. The Bertz CT molecular complexity index is 1420. The molecule has 0 amide bonds. The lowest BCUT2D eigenvalue weighted by Crippen LogP contribution is -2.31. The van der Waals surface area contributed by atoms with E-state index in [2.05, 4.69) is 0 Å². The molecule has 0 aliphatic rings. The van der Waals surface area contributed by atoms with Crippen LogP contribution in [-0.4, -0.2) is 88.6 Å². The topological polar surface area (TPSA) is 230 Å². The number of aliphatic hydroxyl groups excluding tert-OH is 3. The molecule has 3 atom stereocenters. The van der Waals surface area contributed by atoms with E-state index in [-0.39, 0.29) is 24.2 Å². The number of carboxylic acids is 4. The molecule has 0 heterocycles. The summed E-state index contributed by atoms with van der Waals surface area (Å²) >= 11 is 0. The van der Waals surface area contributed by atoms with Crippen molar-refractivity contribution in [2.75, 3.05) is 0 Å². The molecule has 0 fully saturated rings. The highest BCUT2D eigenvalue weighted by molar-refractivity contribution is 5.88. The zero-order chi connectivity index (χ0) is 44.5. The number of hydrogen-bond acceptors (Lipinski definition) is 8. The van der Waals surface area contributed by atoms with Crippen LogP contribution in [0.1, 0.15) is 128 Å². The average molecular weight is 809 g/mol. The summed E-state index contributed by atoms with van der Waals surface area (Å²) in [6, 6.07) is 33.2. The molecule has 0 saturated heterocycles. The first-order chi connectivity index (χ1) is 27.5. The third kappa shape index (κ3) is 25.7. The van der Waals surface area contributed by atoms with E-state index in [0.29, 0.717) is 28.7 Å². The first-order valence-corrected chi connectivity index (χ1v) is 19.4. The van der Waals surface area contributed by atoms with Crippen molar-refractivity contribution in [1.82, 2.24) is 0 Å². The van der Waals surface area contributed by atoms with Gasteiger partial charge in [0.05, 0.1) is 46.2 Å². The van der Waals surface area contributed by atoms with Gasteiger partial charge in [0.1, 0.15) is 0 Å². The van der Waals surface area contributed by atoms with Crippen molar-refractivity contribution in [3.63, 3.8) is 0 Å². The SMILES string of the molecule is CCC(O)C(CC)C(O)CC.CCC(O)CC(O)(CC)CC.O=C(O)c1ccccc1.O=C(O)c1ccccc1.O=C(O)c1ccccc1.O=C(O)c1ccccc1. The quantitative estimate of drug-likeness (QED) is 0.0598. The molecule has 0 saturated carbocycles. The van der Waals surface area contributed by atoms with Crippen LogP contribution in [-0.2, 0) is 0 Å². The van der Waals surface area contributed by atoms with Crippen LogP contribution in [0.4, 0.5) is 0 Å². The minimum atomic E-state index is -0.879. The van der Waals surface area contributed by atoms with E-state index in [4.69, 9.17) is 20.4 Å². The highest BCUT2D eigenvalue weighted by Crippen LogP contribution is 2.22. The van der Waals surface area contributed by atoms with Gasteiger partial charge < -0.3 is 40.9 Å². The van der Waals surface area contributed by atoms with Gasteiger partial charge in [-0.15, -0.1) is 0 Å². The number of aliphatic hydroxyl groups is 4. The summed E-state index contributed by atoms with van der Waals surface area (Å²) in [5.74, 6) is -3.46. The Morgan fingerprint density at radius 3 is 0.810 bits per heavy atom. The summed E-state index contributed by atoms with van der Waals surface area (Å²) in [6.45, 7) is 11.7. The molecule has 12 nitrogen and oxygen atoms in total. The van der Waals surface area contributed by atoms with Gasteiger partial charge in [0.15, 0.2) is 0 Å². The van der Waals surface area contributed by atoms with Crippen LogP contribution in [0.3, 0.4) is 0 Å². The van der Waals surface area contributed by atoms with Gasteiger partial charge in [0, 0.05) is 12.3 Å². The maximum atomic E-state index is 10.2. The van der Waals surface area contributed by atoms with Gasteiger partial charge in [0.25, 0.3) is 0 Å². The molecule has 0 aromatic heterocycles. The van der Waals surface area contributed by atoms with Gasteiger partial charge in [-0.1, -0.05) is 114 Å². The second-order valence-corrected chi connectivity index (χ2v) is 12.9. The first kappa shape index (κ1) is 54.7. The lowest BCUT2D eigenvalue weighted by atomic mass is 9.90. The molecule has 0 aliphatic heterocycles. The van der Waals surface area contributed by atoms with E-state index in [0.717, 1.165) is 38.5 Å². The van der Waals surface area contributed by atoms with Gasteiger partial charge in [-0.05, 0) is 87.1 Å². The zero-order valence-corrected chi connectivity index (χ0v) is 34.5. The fraction of sp³-hybridized carbons (Fsp3) is 0.391. The molecule has 58 heavy (non-hydrogen) atoms. The fourth-order valence-electron chi connectivity index (χ4n) is 4.85. The number of aromatic carboxylic acids is 4. The summed E-state index contributed by atoms with van der Waals surface area (Å²) in [6.07, 6.45) is 3.97. The molecular weight excluding hydrogens is 744 g/mol. The van der Waals surface area contributed by atoms with Crippen LogP contribution in [0.25, 0.3) is 0 Å². The first-order valence-electron chi connectivity index (χ1n) is 19.4. The van der Waals surface area contributed by atoms with Crippen LogP contribution >= 0.6 is 0 Å². The standard InChI is InChI=1S/2C9H20O2.4C7H6O2/c1-4-8(10)7-9(11,5-2)6-3;1-4-7(8(10)5-2)9(11)6-3;4*8-7(9)6-4-2-1-3-5-6/h8,10-11H,4-7H2,1-3H3;7-11H,4-6H2,1-3H3;4*1-5H,(H,8,9). The van der Waals surface area contributed by atoms with E-state index in [1.807, 2.05) is 41.5 Å². The average Bonchev–Trinajstić information content (AvgIpc) is 3.25. The van der Waals surface area contributed by atoms with Crippen LogP contribution in [0.2, 0.25) is 0 Å². The van der Waals surface area contributed by atoms with E-state index in [1.54, 1.807) is 121 Å². The highest BCUT2D eigenvalue weighted by Gasteiger charge is 2.25. The third-order valence-corrected chi connectivity index (χ3v) is 8.78. The number of hydrogen-bond donors (Lipinski definition) is 8. The summed E-state index contributed by atoms with van der Waals surface area (Å²) in [5.41, 5.74) is 0.681. The number of benzene rings is 4. The Hall–Kier alpha value is -5.40. The number of carbonyl (C=O) groups is 4. The molecular formula is C46H64O12. The van der Waals surface area contributed by atoms with E-state index in [1.165, 1.54) is 0 Å². The minimum absolute atomic E-state index is 0.0602. The number of carboxylic acid groups (broad SMARTS) is 4. The smallest absolute Gasteiger partial charge is 0.335 e. The van der Waals surface area contributed by atoms with Crippen molar-refractivity contribution in [2.24, 2.45) is 5.92 Å². The molecule has 4 aromatic rings. The second kappa shape index (κ2) is 32.7. The Morgan fingerprint density at radius 2 is 0.672 bits per heavy atom. The molecule has 8 N–H and O–H groups in total. The minimum Gasteiger partial charge on any atom is -0.478 e. The lowest BCUT2D eigenvalue weighted by molar-refractivity contribution is -0.0175. The van der Waals surface area contributed by atoms with Crippen LogP contribution in [0, 0.1) is 5.92 Å². The Balaban J connectivity index is 0. The summed E-state index contributed by atoms with van der Waals surface area (Å²) in [4.78, 5) is 40.8. The van der Waals surface area contributed by atoms with Gasteiger partial charge in [-0.2, -0.15) is 0 Å². The van der Waals surface area contributed by atoms with Crippen molar-refractivity contribution in [3.8, 4) is 0 Å². The van der Waals surface area contributed by atoms with Gasteiger partial charge in [-0.3, -0.25) is 0 Å². The monoisotopic (exact) mass is 808 g/mol. The molecule has 4 aromatic carbocycles. The maximum Gasteiger partial charge on any atom is 0.335 e. The largest absolute Gasteiger partial charge is 0.478 e. The highest BCUT2D eigenvalue weighted by atomic mass is 16.4. The van der Waals surface area contributed by atoms with Crippen molar-refractivity contribution in [1.29, 1.82) is 0 Å². The molecule has 0 radical (unpaired) electrons. The molecule has 4 rings (SSSR count). The third-order valence-electron chi connectivity index (χ3n) is 8.78. The molecule has 12 heteroatoms. The molecule has 0 aliphatic carbocycles. The van der Waals surface area contributed by atoms with E-state index >= 15 is 0 Å². The predicted octanol–water partition coefficient (Wildman–Crippen LogP) is 8.79. The molecule has 3 unspecified atom stereocenters. The van der Waals surface area contributed by atoms with Crippen molar-refractivity contribution in [2.45, 2.75) is 110 Å². The Labute approximate surface area is 343 Å². The van der Waals surface area contributed by atoms with E-state index in [9.17, 15) is 39.6 Å². The van der Waals surface area contributed by atoms with Crippen molar-refractivity contribution < 1.29 is 60.0 Å². The number of rotatable bonds is 14. The van der Waals surface area contributed by atoms with Crippen molar-refractivity contribution >= 4 is 23.9 Å². The van der Waals surface area contributed by atoms with Gasteiger partial charge in [0.2, 0.25) is 0 Å². The van der Waals surface area contributed by atoms with Crippen LogP contribution in [0.15, 0.2) is 121 Å². The molecule has 320 valence electrons. The van der Waals surface area contributed by atoms with Crippen molar-refractivity contribution in [3.05, 3.63) is 144 Å². The maximum absolute atomic E-state index is 10.2. The predicted molar refractivity (Wildman–Crippen MR) is 226 cm³/mol. The molecule has 0 bridgehead atoms. The van der Waals surface area contributed by atoms with Gasteiger partial charge >= 0.3 is 23.9 Å². The Kier molecular flexibility index (Phi) is 30.8. The normalized spacial score (nSPS) is 12.0. The Morgan fingerprint density at radius 1 is 0.431 bits per heavy atom. The van der Waals surface area contributed by atoms with Gasteiger partial charge in [-0.25, -0.2) is 19.2 Å².